The Morgan fingerprint density at radius 3 is 3.06 bits per heavy atom. The molecule has 0 amide bonds. The molecule has 0 radical (unpaired) electrons. The van der Waals surface area contributed by atoms with Gasteiger partial charge in [0.2, 0.25) is 0 Å². The molecule has 2 N–H and O–H groups in total. The fraction of sp³-hybridized carbons (Fsp3) is 0.600. The summed E-state index contributed by atoms with van der Waals surface area (Å²) >= 11 is 0. The summed E-state index contributed by atoms with van der Waals surface area (Å²) in [7, 11) is 0. The smallest absolute Gasteiger partial charge is 0.121 e. The zero-order chi connectivity index (χ0) is 12.4. The molecular formula is C15H22N2O. The van der Waals surface area contributed by atoms with E-state index in [0.717, 1.165) is 25.4 Å². The quantitative estimate of drug-likeness (QED) is 0.860. The largest absolute Gasteiger partial charge is 0.492 e. The SMILES string of the molecule is CC1(COc2ccc3c(c2)NCCC3)CCCN1. The lowest BCUT2D eigenvalue weighted by Gasteiger charge is -2.25. The van der Waals surface area contributed by atoms with Crippen molar-refractivity contribution >= 4 is 5.69 Å². The van der Waals surface area contributed by atoms with Gasteiger partial charge in [-0.2, -0.15) is 0 Å². The van der Waals surface area contributed by atoms with Crippen molar-refractivity contribution in [2.45, 2.75) is 38.1 Å². The summed E-state index contributed by atoms with van der Waals surface area (Å²) in [6, 6.07) is 6.44. The monoisotopic (exact) mass is 246 g/mol. The molecule has 0 spiro atoms. The molecule has 1 unspecified atom stereocenters. The Morgan fingerprint density at radius 2 is 2.22 bits per heavy atom. The number of benzene rings is 1. The van der Waals surface area contributed by atoms with Crippen molar-refractivity contribution < 1.29 is 4.74 Å². The average Bonchev–Trinajstić information content (AvgIpc) is 2.84. The van der Waals surface area contributed by atoms with Crippen LogP contribution in [-0.4, -0.2) is 25.2 Å². The van der Waals surface area contributed by atoms with Crippen LogP contribution >= 0.6 is 0 Å². The van der Waals surface area contributed by atoms with Gasteiger partial charge in [0, 0.05) is 23.8 Å². The maximum absolute atomic E-state index is 5.96. The van der Waals surface area contributed by atoms with E-state index in [4.69, 9.17) is 4.74 Å². The van der Waals surface area contributed by atoms with Crippen molar-refractivity contribution in [3.63, 3.8) is 0 Å². The van der Waals surface area contributed by atoms with Gasteiger partial charge in [0.1, 0.15) is 12.4 Å². The Morgan fingerprint density at radius 1 is 1.28 bits per heavy atom. The van der Waals surface area contributed by atoms with E-state index in [-0.39, 0.29) is 5.54 Å². The molecule has 0 bridgehead atoms. The predicted octanol–water partition coefficient (Wildman–Crippen LogP) is 2.57. The fourth-order valence-electron chi connectivity index (χ4n) is 2.85. The molecule has 98 valence electrons. The number of ether oxygens (including phenoxy) is 1. The van der Waals surface area contributed by atoms with Gasteiger partial charge in [-0.3, -0.25) is 0 Å². The third kappa shape index (κ3) is 2.46. The third-order valence-corrected chi connectivity index (χ3v) is 4.03. The van der Waals surface area contributed by atoms with E-state index in [1.165, 1.54) is 36.9 Å². The standard InChI is InChI=1S/C15H22N2O/c1-15(7-3-9-17-15)11-18-13-6-5-12-4-2-8-16-14(12)10-13/h5-6,10,16-17H,2-4,7-9,11H2,1H3. The summed E-state index contributed by atoms with van der Waals surface area (Å²) in [4.78, 5) is 0. The topological polar surface area (TPSA) is 33.3 Å². The third-order valence-electron chi connectivity index (χ3n) is 4.03. The molecule has 3 rings (SSSR count). The molecular weight excluding hydrogens is 224 g/mol. The zero-order valence-electron chi connectivity index (χ0n) is 11.1. The summed E-state index contributed by atoms with van der Waals surface area (Å²) in [5.41, 5.74) is 2.82. The Balaban J connectivity index is 1.66. The minimum atomic E-state index is 0.156. The molecule has 2 aliphatic heterocycles. The number of rotatable bonds is 3. The number of hydrogen-bond donors (Lipinski definition) is 2. The van der Waals surface area contributed by atoms with Gasteiger partial charge in [0.05, 0.1) is 0 Å². The van der Waals surface area contributed by atoms with Crippen molar-refractivity contribution in [3.05, 3.63) is 23.8 Å². The first-order chi connectivity index (χ1) is 8.75. The van der Waals surface area contributed by atoms with Crippen LogP contribution in [0, 0.1) is 0 Å². The van der Waals surface area contributed by atoms with Gasteiger partial charge in [-0.1, -0.05) is 6.07 Å². The zero-order valence-corrected chi connectivity index (χ0v) is 11.1. The Kier molecular flexibility index (Phi) is 3.16. The van der Waals surface area contributed by atoms with Crippen LogP contribution in [0.5, 0.6) is 5.75 Å². The van der Waals surface area contributed by atoms with Crippen LogP contribution in [0.4, 0.5) is 5.69 Å². The second-order valence-electron chi connectivity index (χ2n) is 5.73. The summed E-state index contributed by atoms with van der Waals surface area (Å²) in [5.74, 6) is 0.984. The Labute approximate surface area is 109 Å². The highest BCUT2D eigenvalue weighted by molar-refractivity contribution is 5.56. The van der Waals surface area contributed by atoms with Gasteiger partial charge in [-0.15, -0.1) is 0 Å². The van der Waals surface area contributed by atoms with Crippen LogP contribution < -0.4 is 15.4 Å². The summed E-state index contributed by atoms with van der Waals surface area (Å²) in [6.07, 6.45) is 4.87. The fourth-order valence-corrected chi connectivity index (χ4v) is 2.85. The highest BCUT2D eigenvalue weighted by atomic mass is 16.5. The molecule has 1 saturated heterocycles. The number of fused-ring (bicyclic) bond motifs is 1. The van der Waals surface area contributed by atoms with Gasteiger partial charge < -0.3 is 15.4 Å². The normalized spacial score (nSPS) is 26.5. The van der Waals surface area contributed by atoms with Crippen molar-refractivity contribution in [2.75, 3.05) is 25.0 Å². The number of aryl methyl sites for hydroxylation is 1. The highest BCUT2D eigenvalue weighted by Gasteiger charge is 2.28. The molecule has 2 heterocycles. The molecule has 18 heavy (non-hydrogen) atoms. The maximum Gasteiger partial charge on any atom is 0.121 e. The van der Waals surface area contributed by atoms with Gasteiger partial charge in [0.15, 0.2) is 0 Å². The molecule has 1 atom stereocenters. The van der Waals surface area contributed by atoms with Crippen molar-refractivity contribution in [2.24, 2.45) is 0 Å². The van der Waals surface area contributed by atoms with Crippen LogP contribution in [0.3, 0.4) is 0 Å². The Hall–Kier alpha value is -1.22. The van der Waals surface area contributed by atoms with Crippen LogP contribution in [0.25, 0.3) is 0 Å². The first kappa shape index (κ1) is 11.8. The van der Waals surface area contributed by atoms with E-state index in [0.29, 0.717) is 0 Å². The number of anilines is 1. The van der Waals surface area contributed by atoms with E-state index in [1.54, 1.807) is 0 Å². The van der Waals surface area contributed by atoms with E-state index >= 15 is 0 Å². The van der Waals surface area contributed by atoms with E-state index < -0.39 is 0 Å². The van der Waals surface area contributed by atoms with Gasteiger partial charge in [-0.05, 0) is 50.8 Å². The highest BCUT2D eigenvalue weighted by Crippen LogP contribution is 2.28. The van der Waals surface area contributed by atoms with Crippen LogP contribution in [0.1, 0.15) is 31.7 Å². The molecule has 3 nitrogen and oxygen atoms in total. The molecule has 0 aliphatic carbocycles. The lowest BCUT2D eigenvalue weighted by atomic mass is 10.0. The van der Waals surface area contributed by atoms with Crippen LogP contribution in [-0.2, 0) is 6.42 Å². The van der Waals surface area contributed by atoms with E-state index in [2.05, 4.69) is 35.8 Å². The Bertz CT molecular complexity index is 425. The number of nitrogens with one attached hydrogen (secondary N) is 2. The molecule has 1 aromatic carbocycles. The first-order valence-corrected chi connectivity index (χ1v) is 7.00. The molecule has 2 aliphatic rings. The number of hydrogen-bond acceptors (Lipinski definition) is 3. The minimum absolute atomic E-state index is 0.156. The maximum atomic E-state index is 5.96. The average molecular weight is 246 g/mol. The lowest BCUT2D eigenvalue weighted by molar-refractivity contribution is 0.213. The van der Waals surface area contributed by atoms with Gasteiger partial charge in [0.25, 0.3) is 0 Å². The predicted molar refractivity (Wildman–Crippen MR) is 74.4 cm³/mol. The molecule has 0 saturated carbocycles. The molecule has 0 aromatic heterocycles. The van der Waals surface area contributed by atoms with Crippen molar-refractivity contribution in [3.8, 4) is 5.75 Å². The molecule has 1 aromatic rings. The molecule has 3 heteroatoms. The van der Waals surface area contributed by atoms with E-state index in [1.807, 2.05) is 0 Å². The van der Waals surface area contributed by atoms with Crippen molar-refractivity contribution in [1.82, 2.24) is 5.32 Å². The van der Waals surface area contributed by atoms with Crippen LogP contribution in [0.15, 0.2) is 18.2 Å². The van der Waals surface area contributed by atoms with E-state index in [9.17, 15) is 0 Å². The first-order valence-electron chi connectivity index (χ1n) is 7.00. The van der Waals surface area contributed by atoms with Crippen LogP contribution in [0.2, 0.25) is 0 Å². The summed E-state index contributed by atoms with van der Waals surface area (Å²) in [6.45, 7) is 5.20. The second kappa shape index (κ2) is 4.81. The lowest BCUT2D eigenvalue weighted by Crippen LogP contribution is -2.42. The second-order valence-corrected chi connectivity index (χ2v) is 5.73. The van der Waals surface area contributed by atoms with Gasteiger partial charge in [-0.25, -0.2) is 0 Å². The summed E-state index contributed by atoms with van der Waals surface area (Å²) < 4.78 is 5.96. The molecule has 1 fully saturated rings. The van der Waals surface area contributed by atoms with Gasteiger partial charge >= 0.3 is 0 Å². The minimum Gasteiger partial charge on any atom is -0.492 e. The van der Waals surface area contributed by atoms with Crippen molar-refractivity contribution in [1.29, 1.82) is 0 Å². The summed E-state index contributed by atoms with van der Waals surface area (Å²) in [5, 5.41) is 6.97.